The highest BCUT2D eigenvalue weighted by Crippen LogP contribution is 2.22. The van der Waals surface area contributed by atoms with Crippen molar-refractivity contribution in [3.63, 3.8) is 0 Å². The molecular weight excluding hydrogens is 397 g/mol. The third-order valence-corrected chi connectivity index (χ3v) is 4.38. The lowest BCUT2D eigenvalue weighted by Gasteiger charge is -2.21. The first-order chi connectivity index (χ1) is 14.1. The number of fused-ring (bicyclic) bond motifs is 1. The van der Waals surface area contributed by atoms with Gasteiger partial charge in [0.1, 0.15) is 22.9 Å². The molecular formula is C19H20FN5O5. The lowest BCUT2D eigenvalue weighted by molar-refractivity contribution is -0.162. The van der Waals surface area contributed by atoms with Crippen LogP contribution in [0.15, 0.2) is 36.7 Å². The molecule has 1 aromatic carbocycles. The van der Waals surface area contributed by atoms with E-state index in [0.717, 1.165) is 20.1 Å². The monoisotopic (exact) mass is 417 g/mol. The van der Waals surface area contributed by atoms with Gasteiger partial charge in [0.05, 0.1) is 13.3 Å². The first-order valence-electron chi connectivity index (χ1n) is 8.78. The number of hydrogen-bond acceptors (Lipinski definition) is 8. The summed E-state index contributed by atoms with van der Waals surface area (Å²) < 4.78 is 19.3. The Morgan fingerprint density at radius 3 is 2.80 bits per heavy atom. The summed E-state index contributed by atoms with van der Waals surface area (Å²) in [5.74, 6) is -1.93. The number of phenolic OH excluding ortho intramolecular Hbond substituents is 1. The molecule has 30 heavy (non-hydrogen) atoms. The quantitative estimate of drug-likeness (QED) is 0.397. The van der Waals surface area contributed by atoms with Crippen molar-refractivity contribution >= 4 is 23.3 Å². The molecule has 11 heteroatoms. The van der Waals surface area contributed by atoms with Crippen molar-refractivity contribution in [3.05, 3.63) is 53.6 Å². The number of benzene rings is 1. The zero-order chi connectivity index (χ0) is 22.1. The van der Waals surface area contributed by atoms with E-state index in [-0.39, 0.29) is 23.5 Å². The van der Waals surface area contributed by atoms with Gasteiger partial charge in [0, 0.05) is 25.4 Å². The number of carbonyl (C=O) groups excluding carboxylic acids is 2. The number of esters is 1. The van der Waals surface area contributed by atoms with E-state index in [1.54, 1.807) is 24.2 Å². The van der Waals surface area contributed by atoms with Crippen LogP contribution in [0.3, 0.4) is 0 Å². The number of aromatic hydroxyl groups is 1. The van der Waals surface area contributed by atoms with E-state index in [1.165, 1.54) is 22.8 Å². The first kappa shape index (κ1) is 21.0. The fourth-order valence-corrected chi connectivity index (χ4v) is 2.79. The summed E-state index contributed by atoms with van der Waals surface area (Å²) in [6.45, 7) is 1.24. The summed E-state index contributed by atoms with van der Waals surface area (Å²) in [6, 6.07) is 5.27. The van der Waals surface area contributed by atoms with Gasteiger partial charge in [-0.2, -0.15) is 5.10 Å². The Morgan fingerprint density at radius 2 is 2.10 bits per heavy atom. The Hall–Kier alpha value is -3.73. The molecule has 0 spiro atoms. The van der Waals surface area contributed by atoms with Crippen LogP contribution in [0, 0.1) is 5.82 Å². The number of amides is 1. The second kappa shape index (κ2) is 7.95. The van der Waals surface area contributed by atoms with E-state index in [4.69, 9.17) is 0 Å². The molecule has 3 N–H and O–H groups in total. The summed E-state index contributed by atoms with van der Waals surface area (Å²) in [5.41, 5.74) is -1.69. The molecule has 0 aliphatic heterocycles. The number of rotatable bonds is 6. The molecule has 10 nitrogen and oxygen atoms in total. The maximum atomic E-state index is 13.5. The molecule has 0 fully saturated rings. The normalized spacial score (nSPS) is 13.0. The highest BCUT2D eigenvalue weighted by atomic mass is 19.1. The van der Waals surface area contributed by atoms with E-state index < -0.39 is 23.4 Å². The number of halogens is 1. The van der Waals surface area contributed by atoms with E-state index >= 15 is 0 Å². The standard InChI is InChI=1S/C19H20FN5O5/c1-19(29,18(28)30-3)23-17(27)13-9-21-25-7-6-15(22-16(13)25)24(2)10-11-8-12(20)4-5-14(11)26/h4-9,26,29H,10H2,1-3H3,(H,23,27). The van der Waals surface area contributed by atoms with Crippen molar-refractivity contribution in [2.75, 3.05) is 19.1 Å². The van der Waals surface area contributed by atoms with Crippen LogP contribution in [0.4, 0.5) is 10.2 Å². The second-order valence-corrected chi connectivity index (χ2v) is 6.76. The van der Waals surface area contributed by atoms with Gasteiger partial charge in [0.25, 0.3) is 5.91 Å². The van der Waals surface area contributed by atoms with Crippen LogP contribution < -0.4 is 10.2 Å². The Morgan fingerprint density at radius 1 is 1.37 bits per heavy atom. The van der Waals surface area contributed by atoms with Gasteiger partial charge in [-0.15, -0.1) is 0 Å². The third kappa shape index (κ3) is 4.15. The summed E-state index contributed by atoms with van der Waals surface area (Å²) in [5, 5.41) is 26.2. The summed E-state index contributed by atoms with van der Waals surface area (Å²) in [7, 11) is 2.76. The molecule has 3 aromatic rings. The molecule has 1 unspecified atom stereocenters. The fourth-order valence-electron chi connectivity index (χ4n) is 2.79. The largest absolute Gasteiger partial charge is 0.508 e. The maximum Gasteiger partial charge on any atom is 0.359 e. The van der Waals surface area contributed by atoms with Crippen molar-refractivity contribution in [2.24, 2.45) is 0 Å². The Balaban J connectivity index is 1.88. The molecule has 1 amide bonds. The molecule has 0 bridgehead atoms. The van der Waals surface area contributed by atoms with Gasteiger partial charge < -0.3 is 25.2 Å². The van der Waals surface area contributed by atoms with Crippen LogP contribution >= 0.6 is 0 Å². The SMILES string of the molecule is COC(=O)C(C)(O)NC(=O)c1cnn2ccc(N(C)Cc3cc(F)ccc3O)nc12. The van der Waals surface area contributed by atoms with Gasteiger partial charge in [0.2, 0.25) is 5.72 Å². The number of phenols is 1. The van der Waals surface area contributed by atoms with E-state index in [2.05, 4.69) is 20.1 Å². The van der Waals surface area contributed by atoms with Gasteiger partial charge in [0.15, 0.2) is 5.65 Å². The van der Waals surface area contributed by atoms with Gasteiger partial charge in [-0.3, -0.25) is 4.79 Å². The van der Waals surface area contributed by atoms with E-state index in [1.807, 2.05) is 0 Å². The molecule has 0 aliphatic carbocycles. The number of nitrogens with one attached hydrogen (secondary N) is 1. The molecule has 1 atom stereocenters. The van der Waals surface area contributed by atoms with Gasteiger partial charge in [-0.25, -0.2) is 18.7 Å². The van der Waals surface area contributed by atoms with Crippen LogP contribution in [-0.2, 0) is 16.1 Å². The molecule has 2 aromatic heterocycles. The Labute approximate surface area is 170 Å². The van der Waals surface area contributed by atoms with Crippen LogP contribution in [0.2, 0.25) is 0 Å². The van der Waals surface area contributed by atoms with E-state index in [9.17, 15) is 24.2 Å². The topological polar surface area (TPSA) is 129 Å². The van der Waals surface area contributed by atoms with Crippen molar-refractivity contribution in [3.8, 4) is 5.75 Å². The summed E-state index contributed by atoms with van der Waals surface area (Å²) in [6.07, 6.45) is 2.81. The average molecular weight is 417 g/mol. The van der Waals surface area contributed by atoms with Crippen LogP contribution in [0.25, 0.3) is 5.65 Å². The third-order valence-electron chi connectivity index (χ3n) is 4.38. The molecule has 0 radical (unpaired) electrons. The minimum Gasteiger partial charge on any atom is -0.508 e. The minimum absolute atomic E-state index is 0.0167. The predicted molar refractivity (Wildman–Crippen MR) is 103 cm³/mol. The second-order valence-electron chi connectivity index (χ2n) is 6.76. The lowest BCUT2D eigenvalue weighted by Crippen LogP contribution is -2.52. The molecule has 0 saturated heterocycles. The maximum absolute atomic E-state index is 13.5. The highest BCUT2D eigenvalue weighted by molar-refractivity contribution is 6.02. The number of methoxy groups -OCH3 is 1. The van der Waals surface area contributed by atoms with Crippen LogP contribution in [0.1, 0.15) is 22.8 Å². The highest BCUT2D eigenvalue weighted by Gasteiger charge is 2.34. The zero-order valence-electron chi connectivity index (χ0n) is 16.5. The summed E-state index contributed by atoms with van der Waals surface area (Å²) in [4.78, 5) is 30.2. The predicted octanol–water partition coefficient (Wildman–Crippen LogP) is 0.822. The Kier molecular flexibility index (Phi) is 5.56. The smallest absolute Gasteiger partial charge is 0.359 e. The summed E-state index contributed by atoms with van der Waals surface area (Å²) >= 11 is 0. The number of nitrogens with zero attached hydrogens (tertiary/aromatic N) is 4. The molecule has 158 valence electrons. The van der Waals surface area contributed by atoms with Crippen molar-refractivity contribution < 1.29 is 28.9 Å². The fraction of sp³-hybridized carbons (Fsp3) is 0.263. The van der Waals surface area contributed by atoms with Crippen LogP contribution in [0.5, 0.6) is 5.75 Å². The number of hydrogen-bond donors (Lipinski definition) is 3. The molecule has 2 heterocycles. The van der Waals surface area contributed by atoms with Gasteiger partial charge in [-0.1, -0.05) is 0 Å². The van der Waals surface area contributed by atoms with Gasteiger partial charge >= 0.3 is 5.97 Å². The average Bonchev–Trinajstić information content (AvgIpc) is 3.13. The van der Waals surface area contributed by atoms with Crippen molar-refractivity contribution in [1.82, 2.24) is 19.9 Å². The lowest BCUT2D eigenvalue weighted by atomic mass is 10.2. The first-order valence-corrected chi connectivity index (χ1v) is 8.78. The van der Waals surface area contributed by atoms with E-state index in [0.29, 0.717) is 11.4 Å². The molecule has 0 saturated carbocycles. The van der Waals surface area contributed by atoms with Crippen molar-refractivity contribution in [1.29, 1.82) is 0 Å². The minimum atomic E-state index is -2.23. The molecule has 0 aliphatic rings. The number of carbonyl (C=O) groups is 2. The molecule has 3 rings (SSSR count). The number of ether oxygens (including phenoxy) is 1. The zero-order valence-corrected chi connectivity index (χ0v) is 16.5. The number of aliphatic hydroxyl groups is 1. The number of anilines is 1. The van der Waals surface area contributed by atoms with Crippen LogP contribution in [-0.4, -0.2) is 56.6 Å². The van der Waals surface area contributed by atoms with Gasteiger partial charge in [-0.05, 0) is 31.2 Å². The van der Waals surface area contributed by atoms with Crippen molar-refractivity contribution in [2.45, 2.75) is 19.2 Å². The Bertz CT molecular complexity index is 1110. The number of aromatic nitrogens is 3.